The molecule has 146 valence electrons. The van der Waals surface area contributed by atoms with Gasteiger partial charge in [-0.1, -0.05) is 42.5 Å². The monoisotopic (exact) mass is 398 g/mol. The molecule has 0 saturated carbocycles. The van der Waals surface area contributed by atoms with Gasteiger partial charge in [0.1, 0.15) is 17.0 Å². The molecule has 0 bridgehead atoms. The van der Waals surface area contributed by atoms with Crippen molar-refractivity contribution in [2.45, 2.75) is 43.2 Å². The van der Waals surface area contributed by atoms with Gasteiger partial charge in [0.25, 0.3) is 10.0 Å². The van der Waals surface area contributed by atoms with Crippen molar-refractivity contribution in [1.29, 1.82) is 0 Å². The molecule has 0 spiro atoms. The Balaban J connectivity index is 1.60. The Morgan fingerprint density at radius 1 is 1.11 bits per heavy atom. The number of ether oxygens (including phenoxy) is 1. The fourth-order valence-corrected chi connectivity index (χ4v) is 4.99. The van der Waals surface area contributed by atoms with Gasteiger partial charge in [0, 0.05) is 12.1 Å². The molecule has 2 aromatic carbocycles. The van der Waals surface area contributed by atoms with E-state index in [-0.39, 0.29) is 17.0 Å². The van der Waals surface area contributed by atoms with Crippen molar-refractivity contribution in [2.24, 2.45) is 4.40 Å². The number of benzene rings is 2. The second kappa shape index (κ2) is 7.39. The van der Waals surface area contributed by atoms with Crippen LogP contribution in [-0.2, 0) is 19.6 Å². The van der Waals surface area contributed by atoms with Crippen molar-refractivity contribution in [3.8, 4) is 0 Å². The van der Waals surface area contributed by atoms with E-state index in [0.717, 1.165) is 18.4 Å². The van der Waals surface area contributed by atoms with Crippen LogP contribution in [0.4, 0.5) is 0 Å². The van der Waals surface area contributed by atoms with E-state index in [1.54, 1.807) is 29.2 Å². The molecule has 1 fully saturated rings. The third kappa shape index (κ3) is 3.42. The molecule has 6 nitrogen and oxygen atoms in total. The zero-order chi connectivity index (χ0) is 19.7. The first-order valence-electron chi connectivity index (χ1n) is 9.44. The highest BCUT2D eigenvalue weighted by atomic mass is 32.2. The maximum atomic E-state index is 13.0. The zero-order valence-electron chi connectivity index (χ0n) is 15.6. The van der Waals surface area contributed by atoms with E-state index in [0.29, 0.717) is 24.4 Å². The summed E-state index contributed by atoms with van der Waals surface area (Å²) in [6.45, 7) is 2.41. The summed E-state index contributed by atoms with van der Waals surface area (Å²) in [6.07, 6.45) is 2.00. The van der Waals surface area contributed by atoms with Crippen LogP contribution in [0.1, 0.15) is 43.4 Å². The van der Waals surface area contributed by atoms with Crippen molar-refractivity contribution < 1.29 is 17.9 Å². The minimum absolute atomic E-state index is 0.195. The fourth-order valence-electron chi connectivity index (χ4n) is 3.77. The highest BCUT2D eigenvalue weighted by Gasteiger charge is 2.39. The summed E-state index contributed by atoms with van der Waals surface area (Å²) in [7, 11) is -3.73. The molecule has 1 saturated heterocycles. The molecular weight excluding hydrogens is 376 g/mol. The third-order valence-electron chi connectivity index (χ3n) is 5.22. The van der Waals surface area contributed by atoms with Gasteiger partial charge >= 0.3 is 5.97 Å². The summed E-state index contributed by atoms with van der Waals surface area (Å²) in [5.74, 6) is 0.00477. The Bertz CT molecular complexity index is 1020. The number of rotatable bonds is 3. The Labute approximate surface area is 164 Å². The Morgan fingerprint density at radius 2 is 1.82 bits per heavy atom. The quantitative estimate of drug-likeness (QED) is 0.742. The molecule has 0 radical (unpaired) electrons. The van der Waals surface area contributed by atoms with E-state index in [1.807, 2.05) is 37.3 Å². The highest BCUT2D eigenvalue weighted by Crippen LogP contribution is 2.31. The van der Waals surface area contributed by atoms with Crippen molar-refractivity contribution in [2.75, 3.05) is 6.54 Å². The Hall–Kier alpha value is -2.67. The van der Waals surface area contributed by atoms with Gasteiger partial charge < -0.3 is 9.64 Å². The Morgan fingerprint density at radius 3 is 2.61 bits per heavy atom. The Kier molecular flexibility index (Phi) is 4.93. The number of sulfonamides is 1. The summed E-state index contributed by atoms with van der Waals surface area (Å²) in [5.41, 5.74) is 1.47. The predicted octanol–water partition coefficient (Wildman–Crippen LogP) is 3.29. The lowest BCUT2D eigenvalue weighted by atomic mass is 10.0. The van der Waals surface area contributed by atoms with Gasteiger partial charge in [0.15, 0.2) is 5.84 Å². The average Bonchev–Trinajstić information content (AvgIpc) is 3.00. The van der Waals surface area contributed by atoms with Gasteiger partial charge in [0.05, 0.1) is 0 Å². The summed E-state index contributed by atoms with van der Waals surface area (Å²) in [5, 5.41) is 0. The van der Waals surface area contributed by atoms with Crippen LogP contribution in [0.25, 0.3) is 0 Å². The van der Waals surface area contributed by atoms with Gasteiger partial charge in [-0.15, -0.1) is 4.40 Å². The van der Waals surface area contributed by atoms with Crippen molar-refractivity contribution >= 4 is 21.8 Å². The number of hydrogen-bond acceptors (Lipinski definition) is 5. The lowest BCUT2D eigenvalue weighted by molar-refractivity contribution is -0.154. The molecule has 2 aromatic rings. The molecule has 0 aromatic heterocycles. The molecule has 0 amide bonds. The number of carbonyl (C=O) groups is 1. The lowest BCUT2D eigenvalue weighted by Crippen LogP contribution is -2.48. The molecule has 2 aliphatic heterocycles. The number of likely N-dealkylation sites (tertiary alicyclic amines) is 1. The topological polar surface area (TPSA) is 76.0 Å². The highest BCUT2D eigenvalue weighted by molar-refractivity contribution is 7.90. The van der Waals surface area contributed by atoms with E-state index in [1.165, 1.54) is 0 Å². The maximum absolute atomic E-state index is 13.0. The molecule has 0 aliphatic carbocycles. The summed E-state index contributed by atoms with van der Waals surface area (Å²) in [6, 6.07) is 15.8. The van der Waals surface area contributed by atoms with Crippen molar-refractivity contribution in [3.63, 3.8) is 0 Å². The van der Waals surface area contributed by atoms with E-state index >= 15 is 0 Å². The molecule has 28 heavy (non-hydrogen) atoms. The second-order valence-corrected chi connectivity index (χ2v) is 8.65. The number of hydrogen-bond donors (Lipinski definition) is 0. The van der Waals surface area contributed by atoms with Crippen molar-refractivity contribution in [3.05, 3.63) is 65.7 Å². The average molecular weight is 398 g/mol. The van der Waals surface area contributed by atoms with Crippen LogP contribution in [0.15, 0.2) is 63.9 Å². The number of fused-ring (bicyclic) bond motifs is 1. The predicted molar refractivity (Wildman–Crippen MR) is 105 cm³/mol. The molecule has 0 unspecified atom stereocenters. The van der Waals surface area contributed by atoms with E-state index < -0.39 is 16.1 Å². The largest absolute Gasteiger partial charge is 0.456 e. The van der Waals surface area contributed by atoms with Gasteiger partial charge in [-0.05, 0) is 43.9 Å². The van der Waals surface area contributed by atoms with Gasteiger partial charge in [-0.25, -0.2) is 4.79 Å². The number of piperidine rings is 1. The maximum Gasteiger partial charge on any atom is 0.329 e. The lowest BCUT2D eigenvalue weighted by Gasteiger charge is -2.36. The minimum atomic E-state index is -3.73. The van der Waals surface area contributed by atoms with Crippen LogP contribution in [0.3, 0.4) is 0 Å². The molecule has 2 heterocycles. The number of carbonyl (C=O) groups excluding carboxylic acids is 1. The normalized spacial score (nSPS) is 21.5. The molecule has 7 heteroatoms. The van der Waals surface area contributed by atoms with Crippen LogP contribution < -0.4 is 0 Å². The van der Waals surface area contributed by atoms with Gasteiger partial charge in [-0.2, -0.15) is 8.42 Å². The summed E-state index contributed by atoms with van der Waals surface area (Å²) >= 11 is 0. The fraction of sp³-hybridized carbons (Fsp3) is 0.333. The standard InChI is InChI=1S/C21H22N2O4S/c1-15(16-9-3-2-4-10-16)27-21(24)18-12-7-8-14-23(18)20-17-11-5-6-13-19(17)28(25,26)22-20/h2-6,9-11,13,15,18H,7-8,12,14H2,1H3/t15-,18-/m0/s1. The number of nitrogens with zero attached hydrogens (tertiary/aromatic N) is 2. The van der Waals surface area contributed by atoms with E-state index in [9.17, 15) is 13.2 Å². The zero-order valence-corrected chi connectivity index (χ0v) is 16.4. The first kappa shape index (κ1) is 18.7. The summed E-state index contributed by atoms with van der Waals surface area (Å²) in [4.78, 5) is 14.9. The van der Waals surface area contributed by atoms with Crippen LogP contribution in [0.5, 0.6) is 0 Å². The molecular formula is C21H22N2O4S. The summed E-state index contributed by atoms with van der Waals surface area (Å²) < 4.78 is 34.5. The minimum Gasteiger partial charge on any atom is -0.456 e. The SMILES string of the molecule is C[C@H](OC(=O)[C@@H]1CCCCN1C1=NS(=O)(=O)c2ccccc21)c1ccccc1. The molecule has 4 rings (SSSR count). The van der Waals surface area contributed by atoms with Gasteiger partial charge in [0.2, 0.25) is 0 Å². The second-order valence-electron chi connectivity index (χ2n) is 7.08. The first-order chi connectivity index (χ1) is 13.5. The molecule has 2 aliphatic rings. The third-order valence-corrected chi connectivity index (χ3v) is 6.55. The van der Waals surface area contributed by atoms with Crippen LogP contribution in [0.2, 0.25) is 0 Å². The van der Waals surface area contributed by atoms with E-state index in [2.05, 4.69) is 4.40 Å². The van der Waals surface area contributed by atoms with Gasteiger partial charge in [-0.3, -0.25) is 0 Å². The molecule has 0 N–H and O–H groups in total. The van der Waals surface area contributed by atoms with Crippen LogP contribution in [-0.4, -0.2) is 37.7 Å². The number of esters is 1. The van der Waals surface area contributed by atoms with Crippen molar-refractivity contribution in [1.82, 2.24) is 4.90 Å². The van der Waals surface area contributed by atoms with Crippen LogP contribution >= 0.6 is 0 Å². The molecule has 2 atom stereocenters. The van der Waals surface area contributed by atoms with Crippen LogP contribution in [0, 0.1) is 0 Å². The number of amidine groups is 1. The first-order valence-corrected chi connectivity index (χ1v) is 10.9. The van der Waals surface area contributed by atoms with E-state index in [4.69, 9.17) is 4.74 Å². The smallest absolute Gasteiger partial charge is 0.329 e.